The van der Waals surface area contributed by atoms with Crippen molar-refractivity contribution in [3.05, 3.63) is 28.8 Å². The Hall–Kier alpha value is -0.770. The number of hydrogen-bond donors (Lipinski definition) is 2. The fourth-order valence-corrected chi connectivity index (χ4v) is 5.88. The molecule has 23 heavy (non-hydrogen) atoms. The fraction of sp³-hybridized carbons (Fsp3) is 0.684. The fourth-order valence-electron chi connectivity index (χ4n) is 5.69. The van der Waals surface area contributed by atoms with Crippen LogP contribution < -0.4 is 10.1 Å². The summed E-state index contributed by atoms with van der Waals surface area (Å²) < 4.78 is 5.74. The molecule has 4 aliphatic carbocycles. The summed E-state index contributed by atoms with van der Waals surface area (Å²) in [5.41, 5.74) is 0.792. The summed E-state index contributed by atoms with van der Waals surface area (Å²) in [4.78, 5) is 0. The Kier molecular flexibility index (Phi) is 3.86. The predicted octanol–water partition coefficient (Wildman–Crippen LogP) is 3.91. The normalized spacial score (nSPS) is 38.0. The maximum Gasteiger partial charge on any atom is 0.123 e. The Morgan fingerprint density at radius 3 is 2.65 bits per heavy atom. The van der Waals surface area contributed by atoms with E-state index in [1.807, 2.05) is 25.1 Å². The summed E-state index contributed by atoms with van der Waals surface area (Å²) in [5.74, 6) is 2.30. The number of ether oxygens (including phenoxy) is 1. The Morgan fingerprint density at radius 2 is 2.00 bits per heavy atom. The minimum Gasteiger partial charge on any atom is -0.494 e. The van der Waals surface area contributed by atoms with Crippen LogP contribution >= 0.6 is 11.6 Å². The standard InChI is InChI=1S/C19H26ClNO2/c1-2-23-17-4-3-16(20)6-15(17)11-21-18-7-13-5-14(8-18)10-19(22,9-13)12-18/h3-4,6,13-14,21-22H,2,5,7-12H2,1H3/t13-,14-,18?,19?/m1/s1. The number of hydrogen-bond acceptors (Lipinski definition) is 3. The summed E-state index contributed by atoms with van der Waals surface area (Å²) in [7, 11) is 0. The van der Waals surface area contributed by atoms with Crippen molar-refractivity contribution in [1.82, 2.24) is 5.32 Å². The summed E-state index contributed by atoms with van der Waals surface area (Å²) in [6.07, 6.45) is 6.64. The SMILES string of the molecule is CCOc1ccc(Cl)cc1CNC12C[C@H]3C[C@@H](CC(O)(C3)C1)C2. The summed E-state index contributed by atoms with van der Waals surface area (Å²) in [6, 6.07) is 5.83. The van der Waals surface area contributed by atoms with Crippen LogP contribution in [-0.4, -0.2) is 22.9 Å². The maximum atomic E-state index is 10.9. The van der Waals surface area contributed by atoms with Crippen molar-refractivity contribution < 1.29 is 9.84 Å². The quantitative estimate of drug-likeness (QED) is 0.857. The lowest BCUT2D eigenvalue weighted by Gasteiger charge is -2.60. The minimum atomic E-state index is -0.422. The smallest absolute Gasteiger partial charge is 0.123 e. The predicted molar refractivity (Wildman–Crippen MR) is 91.8 cm³/mol. The highest BCUT2D eigenvalue weighted by molar-refractivity contribution is 6.30. The van der Waals surface area contributed by atoms with Gasteiger partial charge < -0.3 is 15.2 Å². The second-order valence-electron chi connectivity index (χ2n) is 8.00. The van der Waals surface area contributed by atoms with E-state index in [2.05, 4.69) is 5.32 Å². The molecule has 0 unspecified atom stereocenters. The van der Waals surface area contributed by atoms with Crippen molar-refractivity contribution in [2.24, 2.45) is 11.8 Å². The molecular weight excluding hydrogens is 310 g/mol. The van der Waals surface area contributed by atoms with Crippen LogP contribution in [0.1, 0.15) is 51.0 Å². The number of aliphatic hydroxyl groups is 1. The maximum absolute atomic E-state index is 10.9. The molecule has 2 N–H and O–H groups in total. The molecule has 0 aliphatic heterocycles. The molecule has 0 radical (unpaired) electrons. The van der Waals surface area contributed by atoms with Gasteiger partial charge in [-0.2, -0.15) is 0 Å². The number of nitrogens with one attached hydrogen (secondary N) is 1. The zero-order chi connectivity index (χ0) is 16.1. The zero-order valence-electron chi connectivity index (χ0n) is 13.8. The molecule has 3 nitrogen and oxygen atoms in total. The lowest BCUT2D eigenvalue weighted by atomic mass is 9.51. The van der Waals surface area contributed by atoms with Gasteiger partial charge in [-0.1, -0.05) is 11.6 Å². The molecule has 4 saturated carbocycles. The molecule has 126 valence electrons. The van der Waals surface area contributed by atoms with Gasteiger partial charge in [0.15, 0.2) is 0 Å². The third-order valence-corrected chi connectivity index (χ3v) is 6.24. The second kappa shape index (κ2) is 5.65. The molecule has 4 aliphatic rings. The van der Waals surface area contributed by atoms with Gasteiger partial charge >= 0.3 is 0 Å². The first-order chi connectivity index (χ1) is 11.0. The third-order valence-electron chi connectivity index (χ3n) is 6.01. The van der Waals surface area contributed by atoms with E-state index in [-0.39, 0.29) is 5.54 Å². The number of rotatable bonds is 5. The molecule has 4 heteroatoms. The Morgan fingerprint density at radius 1 is 1.26 bits per heavy atom. The summed E-state index contributed by atoms with van der Waals surface area (Å²) in [5, 5.41) is 15.4. The van der Waals surface area contributed by atoms with Crippen molar-refractivity contribution in [3.8, 4) is 5.75 Å². The van der Waals surface area contributed by atoms with Crippen LogP contribution in [0.3, 0.4) is 0 Å². The van der Waals surface area contributed by atoms with Crippen LogP contribution in [0.2, 0.25) is 5.02 Å². The van der Waals surface area contributed by atoms with Crippen LogP contribution in [0, 0.1) is 11.8 Å². The highest BCUT2D eigenvalue weighted by atomic mass is 35.5. The molecule has 0 spiro atoms. The first kappa shape index (κ1) is 15.7. The average molecular weight is 336 g/mol. The first-order valence-electron chi connectivity index (χ1n) is 8.88. The molecule has 4 bridgehead atoms. The van der Waals surface area contributed by atoms with Gasteiger partial charge in [-0.15, -0.1) is 0 Å². The van der Waals surface area contributed by atoms with Crippen LogP contribution in [0.25, 0.3) is 0 Å². The molecule has 0 heterocycles. The van der Waals surface area contributed by atoms with E-state index in [9.17, 15) is 5.11 Å². The van der Waals surface area contributed by atoms with Gasteiger partial charge in [0.2, 0.25) is 0 Å². The molecule has 4 fully saturated rings. The van der Waals surface area contributed by atoms with E-state index in [0.29, 0.717) is 18.4 Å². The monoisotopic (exact) mass is 335 g/mol. The molecule has 2 atom stereocenters. The zero-order valence-corrected chi connectivity index (χ0v) is 14.5. The second-order valence-corrected chi connectivity index (χ2v) is 8.44. The molecule has 0 aromatic heterocycles. The van der Waals surface area contributed by atoms with E-state index in [1.54, 1.807) is 0 Å². The molecule has 0 amide bonds. The third kappa shape index (κ3) is 2.99. The van der Waals surface area contributed by atoms with Crippen molar-refractivity contribution in [1.29, 1.82) is 0 Å². The Labute approximate surface area is 143 Å². The Bertz CT molecular complexity index is 589. The highest BCUT2D eigenvalue weighted by Gasteiger charge is 2.56. The van der Waals surface area contributed by atoms with Crippen LogP contribution in [0.4, 0.5) is 0 Å². The van der Waals surface area contributed by atoms with Crippen LogP contribution in [0.5, 0.6) is 5.75 Å². The van der Waals surface area contributed by atoms with Crippen molar-refractivity contribution in [3.63, 3.8) is 0 Å². The van der Waals surface area contributed by atoms with Crippen LogP contribution in [0.15, 0.2) is 18.2 Å². The van der Waals surface area contributed by atoms with E-state index >= 15 is 0 Å². The molecule has 5 rings (SSSR count). The van der Waals surface area contributed by atoms with Crippen molar-refractivity contribution in [2.75, 3.05) is 6.61 Å². The van der Waals surface area contributed by atoms with E-state index in [0.717, 1.165) is 42.1 Å². The highest BCUT2D eigenvalue weighted by Crippen LogP contribution is 2.57. The number of halogens is 1. The average Bonchev–Trinajstić information content (AvgIpc) is 2.45. The molecule has 0 saturated heterocycles. The lowest BCUT2D eigenvalue weighted by molar-refractivity contribution is -0.142. The van der Waals surface area contributed by atoms with Gasteiger partial charge in [-0.25, -0.2) is 0 Å². The first-order valence-corrected chi connectivity index (χ1v) is 9.26. The Balaban J connectivity index is 1.52. The molecule has 1 aromatic rings. The van der Waals surface area contributed by atoms with Gasteiger partial charge in [0.25, 0.3) is 0 Å². The summed E-state index contributed by atoms with van der Waals surface area (Å²) >= 11 is 6.17. The van der Waals surface area contributed by atoms with Gasteiger partial charge in [0.1, 0.15) is 5.75 Å². The van der Waals surface area contributed by atoms with E-state index in [1.165, 1.54) is 19.3 Å². The van der Waals surface area contributed by atoms with Crippen molar-refractivity contribution >= 4 is 11.6 Å². The van der Waals surface area contributed by atoms with Crippen molar-refractivity contribution in [2.45, 2.75) is 63.1 Å². The largest absolute Gasteiger partial charge is 0.494 e. The van der Waals surface area contributed by atoms with Gasteiger partial charge in [-0.3, -0.25) is 0 Å². The van der Waals surface area contributed by atoms with Gasteiger partial charge in [-0.05, 0) is 75.5 Å². The molecule has 1 aromatic carbocycles. The van der Waals surface area contributed by atoms with Gasteiger partial charge in [0.05, 0.1) is 12.2 Å². The topological polar surface area (TPSA) is 41.5 Å². The molecular formula is C19H26ClNO2. The van der Waals surface area contributed by atoms with E-state index < -0.39 is 5.60 Å². The van der Waals surface area contributed by atoms with E-state index in [4.69, 9.17) is 16.3 Å². The van der Waals surface area contributed by atoms with Gasteiger partial charge in [0, 0.05) is 22.7 Å². The summed E-state index contributed by atoms with van der Waals surface area (Å²) in [6.45, 7) is 3.41. The minimum absolute atomic E-state index is 0.102. The van der Waals surface area contributed by atoms with Crippen LogP contribution in [-0.2, 0) is 6.54 Å². The lowest BCUT2D eigenvalue weighted by Crippen LogP contribution is -2.64. The number of benzene rings is 1.